The van der Waals surface area contributed by atoms with E-state index in [4.69, 9.17) is 0 Å². The Balaban J connectivity index is 1.88. The third kappa shape index (κ3) is 4.91. The number of benzene rings is 2. The van der Waals surface area contributed by atoms with Crippen molar-refractivity contribution in [3.05, 3.63) is 67.3 Å². The van der Waals surface area contributed by atoms with E-state index >= 15 is 0 Å². The maximum Gasteiger partial charge on any atom is 0.244 e. The molecule has 2 aromatic rings. The Bertz CT molecular complexity index is 620. The van der Waals surface area contributed by atoms with E-state index in [1.165, 1.54) is 6.08 Å². The van der Waals surface area contributed by atoms with Crippen LogP contribution >= 0.6 is 0 Å². The number of amides is 1. The predicted molar refractivity (Wildman–Crippen MR) is 83.9 cm³/mol. The molecule has 5 heteroatoms. The molecule has 0 saturated carbocycles. The minimum atomic E-state index is -0.212. The predicted octanol–water partition coefficient (Wildman–Crippen LogP) is 3.77. The van der Waals surface area contributed by atoms with Crippen molar-refractivity contribution in [1.82, 2.24) is 5.32 Å². The third-order valence-electron chi connectivity index (χ3n) is 2.64. The first-order valence-electron chi connectivity index (χ1n) is 6.49. The third-order valence-corrected chi connectivity index (χ3v) is 2.64. The summed E-state index contributed by atoms with van der Waals surface area (Å²) in [6, 6.07) is 17.0. The van der Waals surface area contributed by atoms with Gasteiger partial charge in [0, 0.05) is 5.69 Å². The Morgan fingerprint density at radius 3 is 2.24 bits per heavy atom. The van der Waals surface area contributed by atoms with Crippen LogP contribution in [0, 0.1) is 0 Å². The minimum Gasteiger partial charge on any atom is -0.368 e. The zero-order chi connectivity index (χ0) is 14.9. The lowest BCUT2D eigenvalue weighted by atomic mass is 10.3. The number of rotatable bonds is 6. The first kappa shape index (κ1) is 14.5. The van der Waals surface area contributed by atoms with Gasteiger partial charge in [-0.1, -0.05) is 24.8 Å². The number of carbonyl (C=O) groups is 1. The molecule has 0 heterocycles. The molecule has 2 aromatic carbocycles. The number of nitrogens with zero attached hydrogens (tertiary/aromatic N) is 2. The fourth-order valence-electron chi connectivity index (χ4n) is 1.56. The molecular weight excluding hydrogens is 264 g/mol. The van der Waals surface area contributed by atoms with E-state index in [0.717, 1.165) is 17.1 Å². The van der Waals surface area contributed by atoms with Gasteiger partial charge in [-0.25, -0.2) is 0 Å². The van der Waals surface area contributed by atoms with Crippen molar-refractivity contribution in [2.24, 2.45) is 10.2 Å². The Labute approximate surface area is 123 Å². The average molecular weight is 280 g/mol. The largest absolute Gasteiger partial charge is 0.368 e. The van der Waals surface area contributed by atoms with Crippen LogP contribution in [0.15, 0.2) is 77.5 Å². The van der Waals surface area contributed by atoms with Gasteiger partial charge in [-0.3, -0.25) is 4.79 Å². The molecule has 0 aliphatic rings. The molecule has 0 aliphatic heterocycles. The highest BCUT2D eigenvalue weighted by Gasteiger charge is 1.95. The van der Waals surface area contributed by atoms with Crippen LogP contribution in [-0.4, -0.2) is 12.6 Å². The standard InChI is InChI=1S/C16H16N4O/c1-2-16(21)18-12-17-13-8-10-15(11-9-13)20-19-14-6-4-3-5-7-14/h2-11,17H,1,12H2,(H,18,21)/b20-19+. The SMILES string of the molecule is C=CC(=O)NCNc1ccc(/N=N/c2ccccc2)cc1. The Morgan fingerprint density at radius 1 is 1.00 bits per heavy atom. The summed E-state index contributed by atoms with van der Waals surface area (Å²) >= 11 is 0. The quantitative estimate of drug-likeness (QED) is 0.480. The highest BCUT2D eigenvalue weighted by atomic mass is 16.1. The Morgan fingerprint density at radius 2 is 1.62 bits per heavy atom. The number of azo groups is 1. The molecule has 0 aliphatic carbocycles. The van der Waals surface area contributed by atoms with E-state index in [0.29, 0.717) is 6.67 Å². The Hall–Kier alpha value is -2.95. The molecule has 0 atom stereocenters. The van der Waals surface area contributed by atoms with Crippen molar-refractivity contribution in [3.8, 4) is 0 Å². The molecule has 0 saturated heterocycles. The summed E-state index contributed by atoms with van der Waals surface area (Å²) in [4.78, 5) is 11.0. The van der Waals surface area contributed by atoms with Crippen molar-refractivity contribution in [2.45, 2.75) is 0 Å². The second kappa shape index (κ2) is 7.59. The zero-order valence-corrected chi connectivity index (χ0v) is 11.5. The molecule has 1 amide bonds. The van der Waals surface area contributed by atoms with E-state index < -0.39 is 0 Å². The number of anilines is 1. The van der Waals surface area contributed by atoms with Crippen molar-refractivity contribution in [1.29, 1.82) is 0 Å². The number of hydrogen-bond acceptors (Lipinski definition) is 4. The fourth-order valence-corrected chi connectivity index (χ4v) is 1.56. The van der Waals surface area contributed by atoms with Gasteiger partial charge >= 0.3 is 0 Å². The van der Waals surface area contributed by atoms with Gasteiger partial charge in [-0.2, -0.15) is 10.2 Å². The van der Waals surface area contributed by atoms with Gasteiger partial charge in [-0.05, 0) is 42.5 Å². The lowest BCUT2D eigenvalue weighted by molar-refractivity contribution is -0.116. The van der Waals surface area contributed by atoms with Gasteiger partial charge in [-0.15, -0.1) is 0 Å². The molecule has 2 N–H and O–H groups in total. The molecule has 0 aromatic heterocycles. The lowest BCUT2D eigenvalue weighted by Crippen LogP contribution is -2.26. The molecular formula is C16H16N4O. The van der Waals surface area contributed by atoms with E-state index in [9.17, 15) is 4.79 Å². The zero-order valence-electron chi connectivity index (χ0n) is 11.5. The highest BCUT2D eigenvalue weighted by Crippen LogP contribution is 2.19. The molecule has 0 radical (unpaired) electrons. The molecule has 5 nitrogen and oxygen atoms in total. The first-order chi connectivity index (χ1) is 10.3. The summed E-state index contributed by atoms with van der Waals surface area (Å²) in [7, 11) is 0. The van der Waals surface area contributed by atoms with Gasteiger partial charge in [0.2, 0.25) is 5.91 Å². The maximum atomic E-state index is 11.0. The van der Waals surface area contributed by atoms with Gasteiger partial charge in [0.1, 0.15) is 0 Å². The topological polar surface area (TPSA) is 65.8 Å². The molecule has 0 spiro atoms. The molecule has 0 fully saturated rings. The summed E-state index contributed by atoms with van der Waals surface area (Å²) in [5.41, 5.74) is 2.46. The molecule has 0 bridgehead atoms. The van der Waals surface area contributed by atoms with E-state index in [1.807, 2.05) is 54.6 Å². The first-order valence-corrected chi connectivity index (χ1v) is 6.49. The van der Waals surface area contributed by atoms with Gasteiger partial charge in [0.15, 0.2) is 0 Å². The minimum absolute atomic E-state index is 0.212. The summed E-state index contributed by atoms with van der Waals surface area (Å²) in [5.74, 6) is -0.212. The summed E-state index contributed by atoms with van der Waals surface area (Å²) < 4.78 is 0. The summed E-state index contributed by atoms with van der Waals surface area (Å²) in [6.45, 7) is 3.72. The normalized spacial score (nSPS) is 10.3. The van der Waals surface area contributed by atoms with Gasteiger partial charge in [0.05, 0.1) is 18.0 Å². The number of hydrogen-bond donors (Lipinski definition) is 2. The number of nitrogens with one attached hydrogen (secondary N) is 2. The molecule has 106 valence electrons. The van der Waals surface area contributed by atoms with Crippen molar-refractivity contribution in [3.63, 3.8) is 0 Å². The van der Waals surface area contributed by atoms with E-state index in [2.05, 4.69) is 27.4 Å². The van der Waals surface area contributed by atoms with Crippen molar-refractivity contribution < 1.29 is 4.79 Å². The van der Waals surface area contributed by atoms with E-state index in [-0.39, 0.29) is 5.91 Å². The molecule has 2 rings (SSSR count). The van der Waals surface area contributed by atoms with Crippen LogP contribution in [-0.2, 0) is 4.79 Å². The second-order valence-corrected chi connectivity index (χ2v) is 4.18. The van der Waals surface area contributed by atoms with Crippen LogP contribution in [0.1, 0.15) is 0 Å². The summed E-state index contributed by atoms with van der Waals surface area (Å²) in [5, 5.41) is 14.0. The maximum absolute atomic E-state index is 11.0. The second-order valence-electron chi connectivity index (χ2n) is 4.18. The number of carbonyl (C=O) groups excluding carboxylic acids is 1. The van der Waals surface area contributed by atoms with Crippen LogP contribution in [0.5, 0.6) is 0 Å². The smallest absolute Gasteiger partial charge is 0.244 e. The van der Waals surface area contributed by atoms with Crippen LogP contribution in [0.4, 0.5) is 17.1 Å². The monoisotopic (exact) mass is 280 g/mol. The van der Waals surface area contributed by atoms with Crippen molar-refractivity contribution in [2.75, 3.05) is 12.0 Å². The van der Waals surface area contributed by atoms with Gasteiger partial charge < -0.3 is 10.6 Å². The van der Waals surface area contributed by atoms with Crippen LogP contribution < -0.4 is 10.6 Å². The Kier molecular flexibility index (Phi) is 5.23. The van der Waals surface area contributed by atoms with Crippen molar-refractivity contribution >= 4 is 23.0 Å². The summed E-state index contributed by atoms with van der Waals surface area (Å²) in [6.07, 6.45) is 1.23. The van der Waals surface area contributed by atoms with Crippen LogP contribution in [0.3, 0.4) is 0 Å². The highest BCUT2D eigenvalue weighted by molar-refractivity contribution is 5.86. The van der Waals surface area contributed by atoms with Crippen LogP contribution in [0.2, 0.25) is 0 Å². The van der Waals surface area contributed by atoms with E-state index in [1.54, 1.807) is 0 Å². The average Bonchev–Trinajstić information content (AvgIpc) is 2.55. The molecule has 21 heavy (non-hydrogen) atoms. The lowest BCUT2D eigenvalue weighted by Gasteiger charge is -2.06. The molecule has 0 unspecified atom stereocenters. The van der Waals surface area contributed by atoms with Crippen LogP contribution in [0.25, 0.3) is 0 Å². The fraction of sp³-hybridized carbons (Fsp3) is 0.0625. The van der Waals surface area contributed by atoms with Gasteiger partial charge in [0.25, 0.3) is 0 Å².